The van der Waals surface area contributed by atoms with Crippen molar-refractivity contribution >= 4 is 45.3 Å². The Hall–Kier alpha value is -7.33. The summed E-state index contributed by atoms with van der Waals surface area (Å²) < 4.78 is 9.13. The van der Waals surface area contributed by atoms with Crippen molar-refractivity contribution in [1.82, 2.24) is 23.8 Å². The summed E-state index contributed by atoms with van der Waals surface area (Å²) >= 11 is 0. The maximum absolute atomic E-state index is 4.67. The van der Waals surface area contributed by atoms with Gasteiger partial charge in [-0.05, 0) is 81.8 Å². The van der Waals surface area contributed by atoms with E-state index < -0.39 is 0 Å². The molecule has 0 saturated carbocycles. The van der Waals surface area contributed by atoms with Gasteiger partial charge in [-0.2, -0.15) is 0 Å². The summed E-state index contributed by atoms with van der Waals surface area (Å²) in [5.74, 6) is 0.574. The van der Waals surface area contributed by atoms with Crippen LogP contribution < -0.4 is 4.67 Å². The molecule has 0 N–H and O–H groups in total. The average molecular weight is 731 g/mol. The third-order valence-electron chi connectivity index (χ3n) is 12.7. The smallest absolute Gasteiger partial charge is 0.307 e. The second-order valence-electron chi connectivity index (χ2n) is 15.5. The number of nitrogens with zero attached hydrogens (tertiary/aromatic N) is 5. The zero-order valence-corrected chi connectivity index (χ0v) is 31.3. The highest BCUT2D eigenvalue weighted by Crippen LogP contribution is 2.60. The van der Waals surface area contributed by atoms with E-state index >= 15 is 0 Å². The highest BCUT2D eigenvalue weighted by atomic mass is 15.0. The number of aromatic nitrogens is 4. The first kappa shape index (κ1) is 32.0. The molecule has 2 aliphatic carbocycles. The van der Waals surface area contributed by atoms with Crippen molar-refractivity contribution in [2.24, 2.45) is 11.8 Å². The van der Waals surface area contributed by atoms with Gasteiger partial charge in [0.2, 0.25) is 0 Å². The predicted octanol–water partition coefficient (Wildman–Crippen LogP) is 10.8. The van der Waals surface area contributed by atoms with Crippen LogP contribution >= 0.6 is 0 Å². The lowest BCUT2D eigenvalue weighted by Crippen LogP contribution is -2.38. The molecule has 57 heavy (non-hydrogen) atoms. The van der Waals surface area contributed by atoms with Gasteiger partial charge in [-0.1, -0.05) is 127 Å². The summed E-state index contributed by atoms with van der Waals surface area (Å²) in [6, 6.07) is 49.2. The van der Waals surface area contributed by atoms with Crippen molar-refractivity contribution < 1.29 is 0 Å². The van der Waals surface area contributed by atoms with E-state index in [1.54, 1.807) is 0 Å². The second-order valence-corrected chi connectivity index (χ2v) is 15.5. The van der Waals surface area contributed by atoms with E-state index in [0.717, 1.165) is 50.3 Å². The normalized spacial score (nSPS) is 18.8. The minimum atomic E-state index is -0.369. The fraction of sp³-hybridized carbons (Fsp3) is 0.0769. The molecule has 0 fully saturated rings. The SMILES string of the molecule is CC1C=CC=CC1C1(c2ccccc2)c2ccccc2-c2c1ccc1c3ccncc3n(-c3ccc(-c4ccc(-n5c6c(c7ncccc75)C=[N+]=C6)cc4)cc3)c21. The van der Waals surface area contributed by atoms with Gasteiger partial charge in [0.25, 0.3) is 0 Å². The first-order valence-corrected chi connectivity index (χ1v) is 19.7. The lowest BCUT2D eigenvalue weighted by Gasteiger charge is -2.42. The van der Waals surface area contributed by atoms with Crippen molar-refractivity contribution in [3.8, 4) is 33.6 Å². The van der Waals surface area contributed by atoms with Crippen molar-refractivity contribution in [2.75, 3.05) is 0 Å². The van der Waals surface area contributed by atoms with E-state index in [2.05, 4.69) is 182 Å². The van der Waals surface area contributed by atoms with E-state index in [0.29, 0.717) is 5.92 Å². The predicted molar refractivity (Wildman–Crippen MR) is 234 cm³/mol. The van der Waals surface area contributed by atoms with Crippen LogP contribution in [0, 0.1) is 11.8 Å². The van der Waals surface area contributed by atoms with E-state index in [9.17, 15) is 0 Å². The highest BCUT2D eigenvalue weighted by Gasteiger charge is 2.51. The molecule has 12 rings (SSSR count). The number of pyridine rings is 2. The molecule has 5 nitrogen and oxygen atoms in total. The Labute approximate surface area is 330 Å². The molecule has 268 valence electrons. The van der Waals surface area contributed by atoms with Gasteiger partial charge >= 0.3 is 12.4 Å². The van der Waals surface area contributed by atoms with E-state index in [4.69, 9.17) is 0 Å². The molecule has 0 amide bonds. The first-order valence-electron chi connectivity index (χ1n) is 19.7. The van der Waals surface area contributed by atoms with Crippen molar-refractivity contribution in [2.45, 2.75) is 12.3 Å². The molecule has 0 bridgehead atoms. The Kier molecular flexibility index (Phi) is 6.78. The van der Waals surface area contributed by atoms with Gasteiger partial charge in [0.05, 0.1) is 28.2 Å². The lowest BCUT2D eigenvalue weighted by molar-refractivity contribution is 0.374. The molecule has 0 spiro atoms. The molecule has 3 aliphatic rings. The van der Waals surface area contributed by atoms with Crippen LogP contribution in [0.3, 0.4) is 0 Å². The molecule has 3 atom stereocenters. The maximum atomic E-state index is 4.67. The second kappa shape index (κ2) is 12.1. The van der Waals surface area contributed by atoms with Crippen LogP contribution in [0.4, 0.5) is 0 Å². The largest absolute Gasteiger partial charge is 0.317 e. The fourth-order valence-electron chi connectivity index (χ4n) is 10.3. The van der Waals surface area contributed by atoms with Crippen LogP contribution in [0.2, 0.25) is 0 Å². The quantitative estimate of drug-likeness (QED) is 0.166. The summed E-state index contributed by atoms with van der Waals surface area (Å²) in [7, 11) is 0. The highest BCUT2D eigenvalue weighted by molar-refractivity contribution is 6.16. The molecule has 0 saturated heterocycles. The van der Waals surface area contributed by atoms with Crippen LogP contribution in [0.25, 0.3) is 66.5 Å². The molecule has 9 aromatic rings. The van der Waals surface area contributed by atoms with Gasteiger partial charge in [-0.25, -0.2) is 0 Å². The zero-order chi connectivity index (χ0) is 37.7. The van der Waals surface area contributed by atoms with Gasteiger partial charge in [-0.15, -0.1) is 0 Å². The molecule has 5 aromatic carbocycles. The third kappa shape index (κ3) is 4.37. The van der Waals surface area contributed by atoms with Crippen LogP contribution in [0.1, 0.15) is 34.9 Å². The van der Waals surface area contributed by atoms with Gasteiger partial charge in [0, 0.05) is 46.0 Å². The molecule has 1 aliphatic heterocycles. The Morgan fingerprint density at radius 1 is 0.614 bits per heavy atom. The molecule has 3 unspecified atom stereocenters. The topological polar surface area (TPSA) is 49.7 Å². The van der Waals surface area contributed by atoms with Crippen LogP contribution in [0.15, 0.2) is 176 Å². The fourth-order valence-corrected chi connectivity index (χ4v) is 10.3. The van der Waals surface area contributed by atoms with Crippen LogP contribution in [0.5, 0.6) is 0 Å². The van der Waals surface area contributed by atoms with Crippen LogP contribution in [-0.4, -0.2) is 31.5 Å². The van der Waals surface area contributed by atoms with Crippen LogP contribution in [-0.2, 0) is 5.41 Å². The Bertz CT molecular complexity index is 3230. The number of fused-ring (bicyclic) bond motifs is 10. The number of allylic oxidation sites excluding steroid dienone is 4. The first-order chi connectivity index (χ1) is 28.2. The summed E-state index contributed by atoms with van der Waals surface area (Å²) in [4.78, 5) is 9.34. The third-order valence-corrected chi connectivity index (χ3v) is 12.7. The minimum Gasteiger partial charge on any atom is -0.307 e. The Balaban J connectivity index is 1.03. The summed E-state index contributed by atoms with van der Waals surface area (Å²) in [6.07, 6.45) is 18.9. The standard InChI is InChI=1S/C52H36N5/c1-33-10-5-7-14-43(33)52(36-11-3-2-4-12-36)44-15-8-6-13-41(44)49-45(52)26-25-40-39-27-29-53-31-47(39)57(51(40)49)38-23-19-35(20-24-38)34-17-21-37(22-18-34)56-46-16-9-28-55-50(46)42-30-54-32-48(42)56/h2-33,43H,1H3/q+1. The van der Waals surface area contributed by atoms with Crippen molar-refractivity contribution in [3.63, 3.8) is 0 Å². The number of hydrogen-bond donors (Lipinski definition) is 0. The molecule has 5 heterocycles. The molecular weight excluding hydrogens is 695 g/mol. The molecule has 5 heteroatoms. The zero-order valence-electron chi connectivity index (χ0n) is 31.3. The minimum absolute atomic E-state index is 0.232. The Morgan fingerprint density at radius 3 is 2.18 bits per heavy atom. The van der Waals surface area contributed by atoms with Gasteiger partial charge in [0.15, 0.2) is 0 Å². The van der Waals surface area contributed by atoms with E-state index in [-0.39, 0.29) is 11.3 Å². The van der Waals surface area contributed by atoms with Crippen molar-refractivity contribution in [3.05, 3.63) is 204 Å². The van der Waals surface area contributed by atoms with Gasteiger partial charge in [-0.3, -0.25) is 9.97 Å². The summed E-state index contributed by atoms with van der Waals surface area (Å²) in [6.45, 7) is 2.37. The molecule has 4 aromatic heterocycles. The molecular formula is C52H36N5+. The number of benzene rings is 5. The lowest BCUT2D eigenvalue weighted by atomic mass is 9.60. The van der Waals surface area contributed by atoms with Crippen molar-refractivity contribution in [1.29, 1.82) is 0 Å². The average Bonchev–Trinajstić information content (AvgIpc) is 4.03. The maximum Gasteiger partial charge on any atom is 0.317 e. The van der Waals surface area contributed by atoms with E-state index in [1.807, 2.05) is 37.1 Å². The monoisotopic (exact) mass is 730 g/mol. The summed E-state index contributed by atoms with van der Waals surface area (Å²) in [5, 5.41) is 2.44. The van der Waals surface area contributed by atoms with Gasteiger partial charge < -0.3 is 9.13 Å². The summed E-state index contributed by atoms with van der Waals surface area (Å²) in [5.41, 5.74) is 17.3. The van der Waals surface area contributed by atoms with Gasteiger partial charge in [0.1, 0.15) is 16.8 Å². The Morgan fingerprint density at radius 2 is 1.37 bits per heavy atom. The number of rotatable bonds is 5. The van der Waals surface area contributed by atoms with E-state index in [1.165, 1.54) is 44.1 Å². The molecule has 0 radical (unpaired) electrons. The number of hydrogen-bond acceptors (Lipinski definition) is 2.